The molecule has 1 aromatic heterocycles. The number of aromatic nitrogens is 1. The van der Waals surface area contributed by atoms with E-state index in [9.17, 15) is 13.2 Å². The van der Waals surface area contributed by atoms with E-state index in [1.807, 2.05) is 18.7 Å². The largest absolute Gasteiger partial charge is 0.361 e. The van der Waals surface area contributed by atoms with Crippen LogP contribution in [0.15, 0.2) is 4.52 Å². The van der Waals surface area contributed by atoms with Gasteiger partial charge < -0.3 is 9.42 Å². The first-order chi connectivity index (χ1) is 12.3. The highest BCUT2D eigenvalue weighted by atomic mass is 32.2. The van der Waals surface area contributed by atoms with Gasteiger partial charge in [-0.1, -0.05) is 5.16 Å². The van der Waals surface area contributed by atoms with E-state index in [1.165, 1.54) is 10.6 Å². The van der Waals surface area contributed by atoms with E-state index in [0.29, 0.717) is 39.0 Å². The van der Waals surface area contributed by atoms with Crippen molar-refractivity contribution in [3.05, 3.63) is 17.0 Å². The predicted octanol–water partition coefficient (Wildman–Crippen LogP) is 0.607. The highest BCUT2D eigenvalue weighted by Gasteiger charge is 2.32. The topological polar surface area (TPSA) is 87.0 Å². The van der Waals surface area contributed by atoms with Gasteiger partial charge in [-0.2, -0.15) is 0 Å². The second kappa shape index (κ2) is 7.66. The number of hydrogen-bond donors (Lipinski definition) is 0. The molecule has 0 bridgehead atoms. The average molecular weight is 385 g/mol. The van der Waals surface area contributed by atoms with E-state index >= 15 is 0 Å². The third kappa shape index (κ3) is 4.27. The summed E-state index contributed by atoms with van der Waals surface area (Å²) in [7, 11) is -3.15. The lowest BCUT2D eigenvalue weighted by Crippen LogP contribution is -2.51. The summed E-state index contributed by atoms with van der Waals surface area (Å²) >= 11 is 0. The minimum Gasteiger partial charge on any atom is -0.361 e. The quantitative estimate of drug-likeness (QED) is 0.756. The number of piperazine rings is 1. The Morgan fingerprint density at radius 1 is 1.12 bits per heavy atom. The first-order valence-electron chi connectivity index (χ1n) is 9.13. The molecule has 1 aromatic rings. The van der Waals surface area contributed by atoms with Crippen LogP contribution in [-0.2, 0) is 21.4 Å². The molecule has 0 radical (unpaired) electrons. The van der Waals surface area contributed by atoms with Crippen LogP contribution in [0.25, 0.3) is 0 Å². The monoisotopic (exact) mass is 384 g/mol. The Labute approximate surface area is 155 Å². The number of sulfonamides is 1. The van der Waals surface area contributed by atoms with Crippen LogP contribution >= 0.6 is 0 Å². The molecule has 0 atom stereocenters. The van der Waals surface area contributed by atoms with Gasteiger partial charge in [0.05, 0.1) is 11.9 Å². The molecule has 0 spiro atoms. The molecular weight excluding hydrogens is 356 g/mol. The summed E-state index contributed by atoms with van der Waals surface area (Å²) in [4.78, 5) is 17.0. The summed E-state index contributed by atoms with van der Waals surface area (Å²) in [6, 6.07) is 0. The van der Waals surface area contributed by atoms with Crippen LogP contribution in [0, 0.1) is 19.8 Å². The molecular formula is C17H28N4O4S. The number of rotatable bonds is 4. The van der Waals surface area contributed by atoms with E-state index in [-0.39, 0.29) is 11.8 Å². The number of carbonyl (C=O) groups is 1. The minimum absolute atomic E-state index is 0.0536. The van der Waals surface area contributed by atoms with Gasteiger partial charge in [0.1, 0.15) is 5.76 Å². The molecule has 3 rings (SSSR count). The van der Waals surface area contributed by atoms with Crippen LogP contribution in [0.5, 0.6) is 0 Å². The van der Waals surface area contributed by atoms with E-state index in [1.54, 1.807) is 0 Å². The van der Waals surface area contributed by atoms with Crippen LogP contribution in [0.2, 0.25) is 0 Å². The Morgan fingerprint density at radius 3 is 2.23 bits per heavy atom. The second-order valence-electron chi connectivity index (χ2n) is 7.34. The number of carbonyl (C=O) groups excluding carboxylic acids is 1. The van der Waals surface area contributed by atoms with Crippen LogP contribution in [0.3, 0.4) is 0 Å². The van der Waals surface area contributed by atoms with E-state index in [4.69, 9.17) is 4.52 Å². The van der Waals surface area contributed by atoms with Crippen molar-refractivity contribution in [1.29, 1.82) is 0 Å². The first-order valence-corrected chi connectivity index (χ1v) is 11.0. The van der Waals surface area contributed by atoms with Crippen molar-refractivity contribution in [2.45, 2.75) is 33.2 Å². The fourth-order valence-electron chi connectivity index (χ4n) is 3.77. The Hall–Kier alpha value is -1.45. The van der Waals surface area contributed by atoms with Gasteiger partial charge in [-0.15, -0.1) is 0 Å². The lowest BCUT2D eigenvalue weighted by molar-refractivity contribution is -0.138. The molecule has 1 amide bonds. The van der Waals surface area contributed by atoms with Crippen molar-refractivity contribution in [3.63, 3.8) is 0 Å². The van der Waals surface area contributed by atoms with Crippen molar-refractivity contribution in [1.82, 2.24) is 19.3 Å². The van der Waals surface area contributed by atoms with Gasteiger partial charge in [0.2, 0.25) is 15.9 Å². The van der Waals surface area contributed by atoms with Crippen LogP contribution in [-0.4, -0.2) is 79.1 Å². The third-order valence-electron chi connectivity index (χ3n) is 5.52. The zero-order chi connectivity index (χ0) is 18.9. The first kappa shape index (κ1) is 19.3. The molecule has 0 aliphatic carbocycles. The lowest BCUT2D eigenvalue weighted by Gasteiger charge is -2.38. The van der Waals surface area contributed by atoms with Crippen molar-refractivity contribution >= 4 is 15.9 Å². The standard InChI is InChI=1S/C17H28N4O4S/c1-13-16(14(2)25-18-13)12-19-8-10-20(11-9-19)17(22)15-4-6-21(7-5-15)26(3,23)24/h15H,4-12H2,1-3H3. The summed E-state index contributed by atoms with van der Waals surface area (Å²) < 4.78 is 29.9. The fourth-order valence-corrected chi connectivity index (χ4v) is 4.64. The zero-order valence-corrected chi connectivity index (χ0v) is 16.6. The molecule has 9 heteroatoms. The second-order valence-corrected chi connectivity index (χ2v) is 9.32. The summed E-state index contributed by atoms with van der Waals surface area (Å²) in [6.45, 7) is 8.67. The van der Waals surface area contributed by atoms with Gasteiger partial charge in [0, 0.05) is 57.3 Å². The highest BCUT2D eigenvalue weighted by molar-refractivity contribution is 7.88. The number of aryl methyl sites for hydroxylation is 2. The van der Waals surface area contributed by atoms with Gasteiger partial charge >= 0.3 is 0 Å². The smallest absolute Gasteiger partial charge is 0.225 e. The van der Waals surface area contributed by atoms with Gasteiger partial charge in [-0.25, -0.2) is 12.7 Å². The van der Waals surface area contributed by atoms with Crippen LogP contribution in [0.4, 0.5) is 0 Å². The van der Waals surface area contributed by atoms with Gasteiger partial charge in [-0.3, -0.25) is 9.69 Å². The summed E-state index contributed by atoms with van der Waals surface area (Å²) in [5, 5.41) is 4.00. The van der Waals surface area contributed by atoms with Crippen molar-refractivity contribution in [3.8, 4) is 0 Å². The van der Waals surface area contributed by atoms with Gasteiger partial charge in [0.25, 0.3) is 0 Å². The molecule has 0 aromatic carbocycles. The maximum atomic E-state index is 12.8. The molecule has 2 saturated heterocycles. The number of amides is 1. The molecule has 8 nitrogen and oxygen atoms in total. The summed E-state index contributed by atoms with van der Waals surface area (Å²) in [5.74, 6) is 0.982. The molecule has 2 fully saturated rings. The fraction of sp³-hybridized carbons (Fsp3) is 0.765. The third-order valence-corrected chi connectivity index (χ3v) is 6.82. The maximum absolute atomic E-state index is 12.8. The number of piperidine rings is 1. The molecule has 2 aliphatic rings. The van der Waals surface area contributed by atoms with Gasteiger partial charge in [0.15, 0.2) is 0 Å². The molecule has 146 valence electrons. The van der Waals surface area contributed by atoms with E-state index < -0.39 is 10.0 Å². The summed E-state index contributed by atoms with van der Waals surface area (Å²) in [6.07, 6.45) is 2.46. The SMILES string of the molecule is Cc1noc(C)c1CN1CCN(C(=O)C2CCN(S(C)(=O)=O)CC2)CC1. The molecule has 0 saturated carbocycles. The average Bonchev–Trinajstić information content (AvgIpc) is 2.93. The Bertz CT molecular complexity index is 725. The maximum Gasteiger partial charge on any atom is 0.225 e. The van der Waals surface area contributed by atoms with E-state index in [2.05, 4.69) is 10.1 Å². The molecule has 26 heavy (non-hydrogen) atoms. The zero-order valence-electron chi connectivity index (χ0n) is 15.8. The Balaban J connectivity index is 1.48. The van der Waals surface area contributed by atoms with Gasteiger partial charge in [-0.05, 0) is 26.7 Å². The molecule has 0 unspecified atom stereocenters. The highest BCUT2D eigenvalue weighted by Crippen LogP contribution is 2.22. The van der Waals surface area contributed by atoms with Crippen molar-refractivity contribution in [2.75, 3.05) is 45.5 Å². The number of nitrogens with zero attached hydrogens (tertiary/aromatic N) is 4. The normalized spacial score (nSPS) is 21.3. The molecule has 3 heterocycles. The Morgan fingerprint density at radius 2 is 1.73 bits per heavy atom. The lowest BCUT2D eigenvalue weighted by atomic mass is 9.96. The van der Waals surface area contributed by atoms with Crippen molar-refractivity contribution < 1.29 is 17.7 Å². The molecule has 0 N–H and O–H groups in total. The summed E-state index contributed by atoms with van der Waals surface area (Å²) in [5.41, 5.74) is 2.07. The van der Waals surface area contributed by atoms with E-state index in [0.717, 1.165) is 36.7 Å². The van der Waals surface area contributed by atoms with Crippen LogP contribution in [0.1, 0.15) is 29.9 Å². The van der Waals surface area contributed by atoms with Crippen molar-refractivity contribution in [2.24, 2.45) is 5.92 Å². The minimum atomic E-state index is -3.15. The van der Waals surface area contributed by atoms with Crippen LogP contribution < -0.4 is 0 Å². The Kier molecular flexibility index (Phi) is 5.69. The molecule has 2 aliphatic heterocycles. The number of hydrogen-bond acceptors (Lipinski definition) is 6. The predicted molar refractivity (Wildman–Crippen MR) is 97.0 cm³/mol.